The second-order valence-electron chi connectivity index (χ2n) is 5.06. The van der Waals surface area contributed by atoms with E-state index < -0.39 is 0 Å². The van der Waals surface area contributed by atoms with Crippen LogP contribution in [-0.2, 0) is 4.79 Å². The van der Waals surface area contributed by atoms with Crippen LogP contribution in [0.15, 0.2) is 30.3 Å². The van der Waals surface area contributed by atoms with Crippen molar-refractivity contribution in [2.45, 2.75) is 13.8 Å². The van der Waals surface area contributed by atoms with Gasteiger partial charge in [0.2, 0.25) is 0 Å². The highest BCUT2D eigenvalue weighted by Crippen LogP contribution is 2.34. The molecule has 0 aliphatic heterocycles. The zero-order valence-electron chi connectivity index (χ0n) is 14.3. The molecule has 0 fully saturated rings. The number of amides is 1. The van der Waals surface area contributed by atoms with E-state index in [1.807, 2.05) is 13.8 Å². The molecule has 0 radical (unpaired) electrons. The van der Waals surface area contributed by atoms with Crippen LogP contribution in [0.2, 0.25) is 15.1 Å². The number of hydrogen-bond acceptors (Lipinski definition) is 4. The van der Waals surface area contributed by atoms with Crippen LogP contribution in [0.5, 0.6) is 17.2 Å². The maximum absolute atomic E-state index is 12.1. The molecular formula is C18H18Cl3NO4. The summed E-state index contributed by atoms with van der Waals surface area (Å²) in [6.45, 7) is 4.52. The average molecular weight is 419 g/mol. The lowest BCUT2D eigenvalue weighted by molar-refractivity contribution is -0.118. The number of carbonyl (C=O) groups excluding carboxylic acids is 1. The topological polar surface area (TPSA) is 56.8 Å². The molecule has 2 aromatic rings. The van der Waals surface area contributed by atoms with Crippen molar-refractivity contribution < 1.29 is 19.0 Å². The summed E-state index contributed by atoms with van der Waals surface area (Å²) in [5, 5.41) is 3.60. The molecule has 0 saturated carbocycles. The van der Waals surface area contributed by atoms with Gasteiger partial charge in [0, 0.05) is 17.8 Å². The summed E-state index contributed by atoms with van der Waals surface area (Å²) < 4.78 is 16.4. The maximum atomic E-state index is 12.1. The van der Waals surface area contributed by atoms with Crippen molar-refractivity contribution in [3.63, 3.8) is 0 Å². The normalized spacial score (nSPS) is 10.3. The van der Waals surface area contributed by atoms with E-state index in [9.17, 15) is 4.79 Å². The number of halogens is 3. The Bertz CT molecular complexity index is 783. The predicted octanol–water partition coefficient (Wildman–Crippen LogP) is 5.46. The van der Waals surface area contributed by atoms with Crippen molar-refractivity contribution in [1.29, 1.82) is 0 Å². The number of carbonyl (C=O) groups is 1. The first kappa shape index (κ1) is 20.5. The Morgan fingerprint density at radius 2 is 1.50 bits per heavy atom. The lowest BCUT2D eigenvalue weighted by atomic mass is 10.2. The van der Waals surface area contributed by atoms with Crippen LogP contribution in [0.3, 0.4) is 0 Å². The van der Waals surface area contributed by atoms with E-state index in [4.69, 9.17) is 49.0 Å². The first-order valence-electron chi connectivity index (χ1n) is 7.91. The summed E-state index contributed by atoms with van der Waals surface area (Å²) in [4.78, 5) is 12.1. The molecule has 5 nitrogen and oxygen atoms in total. The Morgan fingerprint density at radius 3 is 2.19 bits per heavy atom. The second-order valence-corrected chi connectivity index (χ2v) is 6.28. The molecule has 2 aromatic carbocycles. The van der Waals surface area contributed by atoms with E-state index in [2.05, 4.69) is 5.32 Å². The quantitative estimate of drug-likeness (QED) is 0.578. The van der Waals surface area contributed by atoms with Crippen molar-refractivity contribution in [1.82, 2.24) is 0 Å². The van der Waals surface area contributed by atoms with Crippen LogP contribution in [0, 0.1) is 0 Å². The number of benzene rings is 2. The van der Waals surface area contributed by atoms with Crippen molar-refractivity contribution in [3.05, 3.63) is 45.4 Å². The van der Waals surface area contributed by atoms with Crippen molar-refractivity contribution in [2.24, 2.45) is 0 Å². The minimum Gasteiger partial charge on any atom is -0.490 e. The predicted molar refractivity (Wildman–Crippen MR) is 104 cm³/mol. The van der Waals surface area contributed by atoms with Crippen LogP contribution < -0.4 is 19.5 Å². The zero-order chi connectivity index (χ0) is 19.1. The van der Waals surface area contributed by atoms with E-state index in [-0.39, 0.29) is 23.3 Å². The second kappa shape index (κ2) is 9.76. The molecular weight excluding hydrogens is 401 g/mol. The summed E-state index contributed by atoms with van der Waals surface area (Å²) >= 11 is 17.8. The SMILES string of the molecule is CCOc1ccc(NC(=O)COc2cc(Cl)c(Cl)cc2Cl)cc1OCC. The first-order chi connectivity index (χ1) is 12.4. The van der Waals surface area contributed by atoms with Crippen molar-refractivity contribution in [2.75, 3.05) is 25.1 Å². The molecule has 8 heteroatoms. The number of hydrogen-bond donors (Lipinski definition) is 1. The van der Waals surface area contributed by atoms with Gasteiger partial charge in [-0.15, -0.1) is 0 Å². The lowest BCUT2D eigenvalue weighted by Crippen LogP contribution is -2.20. The third-order valence-corrected chi connectivity index (χ3v) is 4.18. The molecule has 2 rings (SSSR count). The van der Waals surface area contributed by atoms with Crippen LogP contribution in [0.1, 0.15) is 13.8 Å². The standard InChI is InChI=1S/C18H18Cl3NO4/c1-3-24-15-6-5-11(7-17(15)25-4-2)22-18(23)10-26-16-9-13(20)12(19)8-14(16)21/h5-9H,3-4,10H2,1-2H3,(H,22,23). The van der Waals surface area contributed by atoms with Gasteiger partial charge in [-0.3, -0.25) is 4.79 Å². The van der Waals surface area contributed by atoms with Gasteiger partial charge in [-0.2, -0.15) is 0 Å². The van der Waals surface area contributed by atoms with Gasteiger partial charge in [0.05, 0.1) is 28.3 Å². The van der Waals surface area contributed by atoms with E-state index >= 15 is 0 Å². The highest BCUT2D eigenvalue weighted by Gasteiger charge is 2.11. The number of rotatable bonds is 8. The molecule has 0 aliphatic rings. The summed E-state index contributed by atoms with van der Waals surface area (Å²) in [5.74, 6) is 1.09. The van der Waals surface area contributed by atoms with E-state index in [1.165, 1.54) is 12.1 Å². The number of nitrogens with one attached hydrogen (secondary N) is 1. The van der Waals surface area contributed by atoms with Gasteiger partial charge in [-0.05, 0) is 32.0 Å². The van der Waals surface area contributed by atoms with Crippen LogP contribution in [0.25, 0.3) is 0 Å². The molecule has 140 valence electrons. The fraction of sp³-hybridized carbons (Fsp3) is 0.278. The van der Waals surface area contributed by atoms with E-state index in [0.717, 1.165) is 0 Å². The third kappa shape index (κ3) is 5.59. The zero-order valence-corrected chi connectivity index (χ0v) is 16.5. The van der Waals surface area contributed by atoms with Crippen molar-refractivity contribution >= 4 is 46.4 Å². The molecule has 0 spiro atoms. The molecule has 0 aromatic heterocycles. The van der Waals surface area contributed by atoms with Crippen molar-refractivity contribution in [3.8, 4) is 17.2 Å². The van der Waals surface area contributed by atoms with Gasteiger partial charge in [-0.25, -0.2) is 0 Å². The van der Waals surface area contributed by atoms with E-state index in [0.29, 0.717) is 40.4 Å². The largest absolute Gasteiger partial charge is 0.490 e. The smallest absolute Gasteiger partial charge is 0.262 e. The molecule has 0 unspecified atom stereocenters. The average Bonchev–Trinajstić information content (AvgIpc) is 2.59. The molecule has 0 bridgehead atoms. The van der Waals surface area contributed by atoms with Crippen LogP contribution in [-0.4, -0.2) is 25.7 Å². The molecule has 0 heterocycles. The van der Waals surface area contributed by atoms with Gasteiger partial charge < -0.3 is 19.5 Å². The van der Waals surface area contributed by atoms with Gasteiger partial charge in [0.25, 0.3) is 5.91 Å². The fourth-order valence-electron chi connectivity index (χ4n) is 2.08. The molecule has 0 saturated heterocycles. The highest BCUT2D eigenvalue weighted by molar-refractivity contribution is 6.43. The molecule has 26 heavy (non-hydrogen) atoms. The van der Waals surface area contributed by atoms with E-state index in [1.54, 1.807) is 18.2 Å². The summed E-state index contributed by atoms with van der Waals surface area (Å²) in [5.41, 5.74) is 0.561. The summed E-state index contributed by atoms with van der Waals surface area (Å²) in [7, 11) is 0. The minimum atomic E-state index is -0.362. The molecule has 1 N–H and O–H groups in total. The molecule has 1 amide bonds. The first-order valence-corrected chi connectivity index (χ1v) is 9.04. The van der Waals surface area contributed by atoms with Crippen LogP contribution in [0.4, 0.5) is 5.69 Å². The Balaban J connectivity index is 2.01. The molecule has 0 atom stereocenters. The number of ether oxygens (including phenoxy) is 3. The minimum absolute atomic E-state index is 0.241. The maximum Gasteiger partial charge on any atom is 0.262 e. The Morgan fingerprint density at radius 1 is 0.846 bits per heavy atom. The molecule has 0 aliphatic carbocycles. The fourth-order valence-corrected chi connectivity index (χ4v) is 2.68. The monoisotopic (exact) mass is 417 g/mol. The summed E-state index contributed by atoms with van der Waals surface area (Å²) in [6.07, 6.45) is 0. The van der Waals surface area contributed by atoms with Gasteiger partial charge in [-0.1, -0.05) is 34.8 Å². The Labute approximate surface area is 167 Å². The van der Waals surface area contributed by atoms with Gasteiger partial charge in [0.1, 0.15) is 5.75 Å². The Kier molecular flexibility index (Phi) is 7.69. The Hall–Kier alpha value is -1.82. The summed E-state index contributed by atoms with van der Waals surface area (Å²) in [6, 6.07) is 8.07. The lowest BCUT2D eigenvalue weighted by Gasteiger charge is -2.13. The van der Waals surface area contributed by atoms with Gasteiger partial charge in [0.15, 0.2) is 18.1 Å². The third-order valence-electron chi connectivity index (χ3n) is 3.16. The highest BCUT2D eigenvalue weighted by atomic mass is 35.5. The number of anilines is 1. The van der Waals surface area contributed by atoms with Gasteiger partial charge >= 0.3 is 0 Å². The van der Waals surface area contributed by atoms with Crippen LogP contribution >= 0.6 is 34.8 Å².